The highest BCUT2D eigenvalue weighted by Gasteiger charge is 2.18. The van der Waals surface area contributed by atoms with E-state index in [1.54, 1.807) is 6.08 Å². The monoisotopic (exact) mass is 858 g/mol. The molecule has 358 valence electrons. The number of hydrogen-bond acceptors (Lipinski definition) is 5. The van der Waals surface area contributed by atoms with Crippen LogP contribution in [-0.4, -0.2) is 47.4 Å². The first-order valence-corrected chi connectivity index (χ1v) is 26.8. The van der Waals surface area contributed by atoms with E-state index in [1.165, 1.54) is 199 Å². The lowest BCUT2D eigenvalue weighted by Gasteiger charge is -2.20. The molecule has 6 nitrogen and oxygen atoms in total. The highest BCUT2D eigenvalue weighted by Crippen LogP contribution is 2.16. The van der Waals surface area contributed by atoms with Crippen molar-refractivity contribution in [3.05, 3.63) is 36.5 Å². The summed E-state index contributed by atoms with van der Waals surface area (Å²) in [5.41, 5.74) is 0. The molecule has 0 bridgehead atoms. The number of aliphatic hydroxyl groups excluding tert-OH is 2. The molecule has 0 fully saturated rings. The molecule has 0 aliphatic heterocycles. The maximum Gasteiger partial charge on any atom is 0.305 e. The van der Waals surface area contributed by atoms with Gasteiger partial charge < -0.3 is 20.3 Å². The predicted octanol–water partition coefficient (Wildman–Crippen LogP) is 16.1. The van der Waals surface area contributed by atoms with Crippen molar-refractivity contribution in [3.8, 4) is 0 Å². The van der Waals surface area contributed by atoms with E-state index in [0.29, 0.717) is 19.4 Å². The second-order valence-corrected chi connectivity index (χ2v) is 18.2. The number of nitrogens with one attached hydrogen (secondary N) is 1. The molecule has 0 aromatic carbocycles. The fraction of sp³-hybridized carbons (Fsp3) is 0.855. The van der Waals surface area contributed by atoms with Crippen molar-refractivity contribution in [1.82, 2.24) is 5.32 Å². The van der Waals surface area contributed by atoms with Crippen LogP contribution >= 0.6 is 0 Å². The molecule has 0 radical (unpaired) electrons. The van der Waals surface area contributed by atoms with Crippen molar-refractivity contribution in [3.63, 3.8) is 0 Å². The summed E-state index contributed by atoms with van der Waals surface area (Å²) in [6.45, 7) is 4.81. The van der Waals surface area contributed by atoms with E-state index in [-0.39, 0.29) is 18.5 Å². The molecule has 0 spiro atoms. The predicted molar refractivity (Wildman–Crippen MR) is 264 cm³/mol. The van der Waals surface area contributed by atoms with E-state index in [1.807, 2.05) is 6.08 Å². The minimum atomic E-state index is -0.844. The number of ether oxygens (including phenoxy) is 1. The molecule has 2 atom stereocenters. The number of carbonyl (C=O) groups excluding carboxylic acids is 2. The summed E-state index contributed by atoms with van der Waals surface area (Å²) in [5.74, 6) is -0.0779. The molecule has 61 heavy (non-hydrogen) atoms. The van der Waals surface area contributed by atoms with Crippen LogP contribution in [-0.2, 0) is 14.3 Å². The van der Waals surface area contributed by atoms with Crippen molar-refractivity contribution in [2.24, 2.45) is 0 Å². The van der Waals surface area contributed by atoms with Gasteiger partial charge in [-0.3, -0.25) is 9.59 Å². The Morgan fingerprint density at radius 2 is 0.852 bits per heavy atom. The van der Waals surface area contributed by atoms with Gasteiger partial charge in [-0.05, 0) is 57.8 Å². The van der Waals surface area contributed by atoms with Crippen LogP contribution in [0.2, 0.25) is 0 Å². The third-order valence-corrected chi connectivity index (χ3v) is 12.1. The molecular weight excluding hydrogens is 755 g/mol. The normalized spacial score (nSPS) is 12.9. The second-order valence-electron chi connectivity index (χ2n) is 18.2. The van der Waals surface area contributed by atoms with Crippen LogP contribution in [0.3, 0.4) is 0 Å². The van der Waals surface area contributed by atoms with Crippen LogP contribution in [0, 0.1) is 0 Å². The van der Waals surface area contributed by atoms with Gasteiger partial charge in [0.2, 0.25) is 5.91 Å². The number of amides is 1. The Labute approximate surface area is 379 Å². The number of aliphatic hydroxyl groups is 2. The summed E-state index contributed by atoms with van der Waals surface area (Å²) in [7, 11) is 0. The molecule has 0 rings (SSSR count). The third kappa shape index (κ3) is 47.4. The van der Waals surface area contributed by atoms with Crippen LogP contribution in [0.4, 0.5) is 0 Å². The van der Waals surface area contributed by atoms with Gasteiger partial charge in [0.1, 0.15) is 0 Å². The van der Waals surface area contributed by atoms with Crippen LogP contribution in [0.15, 0.2) is 36.5 Å². The number of allylic oxidation sites excluding steroid dienone is 5. The zero-order valence-electron chi connectivity index (χ0n) is 40.6. The highest BCUT2D eigenvalue weighted by molar-refractivity contribution is 5.76. The van der Waals surface area contributed by atoms with Crippen molar-refractivity contribution in [2.75, 3.05) is 13.2 Å². The van der Waals surface area contributed by atoms with E-state index in [9.17, 15) is 19.8 Å². The number of unbranched alkanes of at least 4 members (excludes halogenated alkanes) is 34. The molecule has 1 amide bonds. The molecule has 3 N–H and O–H groups in total. The summed E-state index contributed by atoms with van der Waals surface area (Å²) >= 11 is 0. The first-order valence-electron chi connectivity index (χ1n) is 26.8. The van der Waals surface area contributed by atoms with Crippen LogP contribution in [0.1, 0.15) is 277 Å². The van der Waals surface area contributed by atoms with Gasteiger partial charge >= 0.3 is 5.97 Å². The van der Waals surface area contributed by atoms with Crippen LogP contribution < -0.4 is 5.32 Å². The first-order chi connectivity index (χ1) is 30.0. The zero-order valence-corrected chi connectivity index (χ0v) is 40.6. The largest absolute Gasteiger partial charge is 0.466 e. The average molecular weight is 858 g/mol. The molecule has 2 unspecified atom stereocenters. The van der Waals surface area contributed by atoms with Gasteiger partial charge in [-0.15, -0.1) is 0 Å². The Morgan fingerprint density at radius 1 is 0.459 bits per heavy atom. The second kappa shape index (κ2) is 50.7. The highest BCUT2D eigenvalue weighted by atomic mass is 16.5. The number of hydrogen-bond donors (Lipinski definition) is 3. The van der Waals surface area contributed by atoms with Crippen molar-refractivity contribution in [2.45, 2.75) is 289 Å². The van der Waals surface area contributed by atoms with Crippen molar-refractivity contribution < 1.29 is 24.5 Å². The van der Waals surface area contributed by atoms with Gasteiger partial charge in [0.25, 0.3) is 0 Å². The van der Waals surface area contributed by atoms with E-state index in [4.69, 9.17) is 4.74 Å². The van der Waals surface area contributed by atoms with Crippen molar-refractivity contribution >= 4 is 11.9 Å². The average Bonchev–Trinajstić information content (AvgIpc) is 3.26. The Hall–Kier alpha value is -1.92. The van der Waals surface area contributed by atoms with E-state index >= 15 is 0 Å². The molecule has 0 heterocycles. The zero-order chi connectivity index (χ0) is 44.4. The minimum absolute atomic E-state index is 0.00609. The maximum absolute atomic E-state index is 12.4. The lowest BCUT2D eigenvalue weighted by molar-refractivity contribution is -0.143. The minimum Gasteiger partial charge on any atom is -0.466 e. The van der Waals surface area contributed by atoms with Gasteiger partial charge in [-0.1, -0.05) is 243 Å². The smallest absolute Gasteiger partial charge is 0.305 e. The Bertz CT molecular complexity index is 993. The third-order valence-electron chi connectivity index (χ3n) is 12.1. The molecule has 0 aromatic heterocycles. The number of carbonyl (C=O) groups is 2. The lowest BCUT2D eigenvalue weighted by Crippen LogP contribution is -2.45. The molecule has 6 heteroatoms. The van der Waals surface area contributed by atoms with Crippen LogP contribution in [0.5, 0.6) is 0 Å². The van der Waals surface area contributed by atoms with Crippen LogP contribution in [0.25, 0.3) is 0 Å². The van der Waals surface area contributed by atoms with E-state index < -0.39 is 12.1 Å². The van der Waals surface area contributed by atoms with Gasteiger partial charge in [0, 0.05) is 12.8 Å². The van der Waals surface area contributed by atoms with Gasteiger partial charge in [-0.25, -0.2) is 0 Å². The maximum atomic E-state index is 12.4. The summed E-state index contributed by atoms with van der Waals surface area (Å²) in [6, 6.07) is -0.628. The Kier molecular flexibility index (Phi) is 49.1. The number of rotatable bonds is 49. The SMILES string of the molecule is CCC/C=C\C/C=C\CCCCCCCC(=O)OCCCCCCCCCCCCCCCCCCCCCCC(=O)NC(CO)C(O)/C=C/CCCCCCCCCCC. The quantitative estimate of drug-likeness (QED) is 0.0322. The first kappa shape index (κ1) is 59.1. The summed E-state index contributed by atoms with van der Waals surface area (Å²) in [5, 5.41) is 23.0. The van der Waals surface area contributed by atoms with Gasteiger partial charge in [-0.2, -0.15) is 0 Å². The fourth-order valence-electron chi connectivity index (χ4n) is 8.02. The van der Waals surface area contributed by atoms with E-state index in [0.717, 1.165) is 51.4 Å². The molecule has 0 saturated heterocycles. The molecule has 0 saturated carbocycles. The van der Waals surface area contributed by atoms with Gasteiger partial charge in [0.15, 0.2) is 0 Å². The molecule has 0 aliphatic rings. The standard InChI is InChI=1S/C55H103NO5/c1-3-5-7-9-11-13-15-24-29-33-37-41-45-49-55(60)61-50-46-42-38-34-30-26-23-21-19-17-16-18-20-22-25-28-32-36-40-44-48-54(59)56-52(51-57)53(58)47-43-39-35-31-27-14-12-10-8-6-4-2/h7,9,13,15,43,47,52-53,57-58H,3-6,8,10-12,14,16-42,44-46,48-51H2,1-2H3,(H,56,59)/b9-7-,15-13-,47-43+. The summed E-state index contributed by atoms with van der Waals surface area (Å²) < 4.78 is 5.46. The van der Waals surface area contributed by atoms with Gasteiger partial charge in [0.05, 0.1) is 25.4 Å². The lowest BCUT2D eigenvalue weighted by atomic mass is 10.0. The fourth-order valence-corrected chi connectivity index (χ4v) is 8.02. The Balaban J connectivity index is 3.41. The topological polar surface area (TPSA) is 95.9 Å². The number of esters is 1. The summed E-state index contributed by atoms with van der Waals surface area (Å²) in [4.78, 5) is 24.4. The Morgan fingerprint density at radius 3 is 1.31 bits per heavy atom. The summed E-state index contributed by atoms with van der Waals surface area (Å²) in [6.07, 6.45) is 61.6. The molecule has 0 aromatic rings. The molecular formula is C55H103NO5. The van der Waals surface area contributed by atoms with E-state index in [2.05, 4.69) is 43.5 Å². The molecule has 0 aliphatic carbocycles. The van der Waals surface area contributed by atoms with Crippen molar-refractivity contribution in [1.29, 1.82) is 0 Å².